The van der Waals surface area contributed by atoms with E-state index in [2.05, 4.69) is 10.6 Å². The Kier molecular flexibility index (Phi) is 5.79. The standard InChI is InChI=1S/C14H27N3O2/c1-14(2,3)13(19)17-9-6-11(7-10-17)16-12(18)5-8-15-4/h11,15H,5-10H2,1-4H3,(H,16,18). The van der Waals surface area contributed by atoms with Gasteiger partial charge in [-0.05, 0) is 19.9 Å². The summed E-state index contributed by atoms with van der Waals surface area (Å²) in [6.45, 7) is 8.02. The summed E-state index contributed by atoms with van der Waals surface area (Å²) in [7, 11) is 1.84. The minimum Gasteiger partial charge on any atom is -0.353 e. The second kappa shape index (κ2) is 6.89. The monoisotopic (exact) mass is 269 g/mol. The van der Waals surface area contributed by atoms with Crippen LogP contribution in [0, 0.1) is 5.41 Å². The second-order valence-electron chi connectivity index (χ2n) is 6.24. The molecule has 0 aromatic heterocycles. The van der Waals surface area contributed by atoms with E-state index >= 15 is 0 Å². The Balaban J connectivity index is 2.33. The maximum absolute atomic E-state index is 12.1. The number of amides is 2. The van der Waals surface area contributed by atoms with Crippen molar-refractivity contribution >= 4 is 11.8 Å². The largest absolute Gasteiger partial charge is 0.353 e. The summed E-state index contributed by atoms with van der Waals surface area (Å²) in [5.74, 6) is 0.294. The van der Waals surface area contributed by atoms with Gasteiger partial charge >= 0.3 is 0 Å². The van der Waals surface area contributed by atoms with Crippen LogP contribution >= 0.6 is 0 Å². The number of nitrogens with one attached hydrogen (secondary N) is 2. The van der Waals surface area contributed by atoms with Gasteiger partial charge in [0.1, 0.15) is 0 Å². The summed E-state index contributed by atoms with van der Waals surface area (Å²) >= 11 is 0. The van der Waals surface area contributed by atoms with Crippen LogP contribution in [0.15, 0.2) is 0 Å². The fourth-order valence-electron chi connectivity index (χ4n) is 2.24. The molecule has 0 aliphatic carbocycles. The molecule has 1 fully saturated rings. The van der Waals surface area contributed by atoms with Gasteiger partial charge in [-0.1, -0.05) is 20.8 Å². The topological polar surface area (TPSA) is 61.4 Å². The maximum Gasteiger partial charge on any atom is 0.227 e. The minimum absolute atomic E-state index is 0.0925. The van der Waals surface area contributed by atoms with Crippen LogP contribution in [0.3, 0.4) is 0 Å². The molecule has 5 nitrogen and oxygen atoms in total. The number of carbonyl (C=O) groups excluding carboxylic acids is 2. The number of nitrogens with zero attached hydrogens (tertiary/aromatic N) is 1. The molecule has 2 N–H and O–H groups in total. The number of hydrogen-bond donors (Lipinski definition) is 2. The van der Waals surface area contributed by atoms with Crippen molar-refractivity contribution in [2.45, 2.75) is 46.1 Å². The third kappa shape index (κ3) is 5.19. The van der Waals surface area contributed by atoms with E-state index in [1.54, 1.807) is 0 Å². The molecule has 0 aromatic rings. The number of piperidine rings is 1. The summed E-state index contributed by atoms with van der Waals surface area (Å²) < 4.78 is 0. The van der Waals surface area contributed by atoms with E-state index in [1.165, 1.54) is 0 Å². The van der Waals surface area contributed by atoms with Gasteiger partial charge in [0.15, 0.2) is 0 Å². The van der Waals surface area contributed by atoms with Gasteiger partial charge < -0.3 is 15.5 Å². The third-order valence-corrected chi connectivity index (χ3v) is 3.39. The van der Waals surface area contributed by atoms with Crippen molar-refractivity contribution in [3.05, 3.63) is 0 Å². The minimum atomic E-state index is -0.317. The number of rotatable bonds is 4. The molecule has 0 atom stereocenters. The average molecular weight is 269 g/mol. The summed E-state index contributed by atoms with van der Waals surface area (Å²) in [5, 5.41) is 6.00. The summed E-state index contributed by atoms with van der Waals surface area (Å²) in [6, 6.07) is 0.216. The van der Waals surface area contributed by atoms with Crippen LogP contribution in [-0.4, -0.2) is 49.4 Å². The Morgan fingerprint density at radius 2 is 1.79 bits per heavy atom. The lowest BCUT2D eigenvalue weighted by molar-refractivity contribution is -0.140. The molecule has 1 rings (SSSR count). The lowest BCUT2D eigenvalue weighted by Crippen LogP contribution is -2.49. The van der Waals surface area contributed by atoms with Crippen LogP contribution in [0.25, 0.3) is 0 Å². The molecule has 19 heavy (non-hydrogen) atoms. The van der Waals surface area contributed by atoms with Crippen molar-refractivity contribution < 1.29 is 9.59 Å². The molecule has 1 heterocycles. The van der Waals surface area contributed by atoms with Crippen LogP contribution in [0.5, 0.6) is 0 Å². The first kappa shape index (κ1) is 16.0. The zero-order chi connectivity index (χ0) is 14.5. The van der Waals surface area contributed by atoms with Crippen LogP contribution in [0.2, 0.25) is 0 Å². The Bertz CT molecular complexity index is 315. The van der Waals surface area contributed by atoms with E-state index < -0.39 is 0 Å². The molecule has 2 amide bonds. The molecule has 0 aromatic carbocycles. The number of carbonyl (C=O) groups is 2. The van der Waals surface area contributed by atoms with Crippen LogP contribution in [0.1, 0.15) is 40.0 Å². The van der Waals surface area contributed by atoms with Gasteiger partial charge in [-0.3, -0.25) is 9.59 Å². The Morgan fingerprint density at radius 1 is 1.21 bits per heavy atom. The van der Waals surface area contributed by atoms with Gasteiger partial charge in [0, 0.05) is 37.5 Å². The van der Waals surface area contributed by atoms with Crippen molar-refractivity contribution in [1.82, 2.24) is 15.5 Å². The smallest absolute Gasteiger partial charge is 0.227 e. The van der Waals surface area contributed by atoms with Crippen molar-refractivity contribution in [3.63, 3.8) is 0 Å². The van der Waals surface area contributed by atoms with E-state index in [9.17, 15) is 9.59 Å². The molecule has 1 saturated heterocycles. The average Bonchev–Trinajstić information content (AvgIpc) is 2.35. The molecular formula is C14H27N3O2. The SMILES string of the molecule is CNCCC(=O)NC1CCN(C(=O)C(C)(C)C)CC1. The van der Waals surface area contributed by atoms with E-state index in [0.29, 0.717) is 13.0 Å². The Labute approximate surface area is 116 Å². The number of likely N-dealkylation sites (tertiary alicyclic amines) is 1. The quantitative estimate of drug-likeness (QED) is 0.791. The number of hydrogen-bond acceptors (Lipinski definition) is 3. The van der Waals surface area contributed by atoms with Crippen molar-refractivity contribution in [3.8, 4) is 0 Å². The first-order valence-corrected chi connectivity index (χ1v) is 7.08. The molecule has 0 spiro atoms. The Hall–Kier alpha value is -1.10. The molecule has 0 radical (unpaired) electrons. The van der Waals surface area contributed by atoms with Crippen molar-refractivity contribution in [2.24, 2.45) is 5.41 Å². The van der Waals surface area contributed by atoms with Crippen LogP contribution in [-0.2, 0) is 9.59 Å². The summed E-state index contributed by atoms with van der Waals surface area (Å²) in [6.07, 6.45) is 2.22. The van der Waals surface area contributed by atoms with Crippen LogP contribution in [0.4, 0.5) is 0 Å². The van der Waals surface area contributed by atoms with E-state index in [-0.39, 0.29) is 23.3 Å². The highest BCUT2D eigenvalue weighted by molar-refractivity contribution is 5.81. The second-order valence-corrected chi connectivity index (χ2v) is 6.24. The zero-order valence-corrected chi connectivity index (χ0v) is 12.6. The first-order chi connectivity index (χ1) is 8.84. The van der Waals surface area contributed by atoms with Gasteiger partial charge in [0.2, 0.25) is 11.8 Å². The van der Waals surface area contributed by atoms with Crippen LogP contribution < -0.4 is 10.6 Å². The molecule has 1 aliphatic heterocycles. The van der Waals surface area contributed by atoms with Gasteiger partial charge in [-0.25, -0.2) is 0 Å². The van der Waals surface area contributed by atoms with E-state index in [0.717, 1.165) is 25.9 Å². The molecular weight excluding hydrogens is 242 g/mol. The first-order valence-electron chi connectivity index (χ1n) is 7.08. The van der Waals surface area contributed by atoms with Gasteiger partial charge in [-0.15, -0.1) is 0 Å². The van der Waals surface area contributed by atoms with Gasteiger partial charge in [0.05, 0.1) is 0 Å². The van der Waals surface area contributed by atoms with Gasteiger partial charge in [-0.2, -0.15) is 0 Å². The summed E-state index contributed by atoms with van der Waals surface area (Å²) in [4.78, 5) is 25.6. The predicted molar refractivity (Wildman–Crippen MR) is 75.7 cm³/mol. The van der Waals surface area contributed by atoms with E-state index in [1.807, 2.05) is 32.7 Å². The zero-order valence-electron chi connectivity index (χ0n) is 12.6. The van der Waals surface area contributed by atoms with Gasteiger partial charge in [0.25, 0.3) is 0 Å². The lowest BCUT2D eigenvalue weighted by Gasteiger charge is -2.36. The highest BCUT2D eigenvalue weighted by Gasteiger charge is 2.30. The fraction of sp³-hybridized carbons (Fsp3) is 0.857. The fourth-order valence-corrected chi connectivity index (χ4v) is 2.24. The Morgan fingerprint density at radius 3 is 2.26 bits per heavy atom. The predicted octanol–water partition coefficient (Wildman–Crippen LogP) is 0.749. The molecule has 0 unspecified atom stereocenters. The molecule has 0 saturated carbocycles. The highest BCUT2D eigenvalue weighted by atomic mass is 16.2. The molecule has 110 valence electrons. The van der Waals surface area contributed by atoms with Crippen molar-refractivity contribution in [2.75, 3.05) is 26.7 Å². The molecule has 1 aliphatic rings. The third-order valence-electron chi connectivity index (χ3n) is 3.39. The normalized spacial score (nSPS) is 17.4. The van der Waals surface area contributed by atoms with E-state index in [4.69, 9.17) is 0 Å². The summed E-state index contributed by atoms with van der Waals surface area (Å²) in [5.41, 5.74) is -0.317. The van der Waals surface area contributed by atoms with Crippen molar-refractivity contribution in [1.29, 1.82) is 0 Å². The molecule has 0 bridgehead atoms. The lowest BCUT2D eigenvalue weighted by atomic mass is 9.93. The highest BCUT2D eigenvalue weighted by Crippen LogP contribution is 2.20. The maximum atomic E-state index is 12.1. The molecule has 5 heteroatoms.